The molecule has 0 bridgehead atoms. The summed E-state index contributed by atoms with van der Waals surface area (Å²) in [4.78, 5) is 0. The van der Waals surface area contributed by atoms with Gasteiger partial charge in [-0.3, -0.25) is 5.84 Å². The molecule has 0 aliphatic heterocycles. The van der Waals surface area contributed by atoms with Crippen molar-refractivity contribution in [2.24, 2.45) is 5.84 Å². The lowest BCUT2D eigenvalue weighted by molar-refractivity contribution is 0.448. The van der Waals surface area contributed by atoms with E-state index in [-0.39, 0.29) is 11.9 Å². The molecule has 1 aromatic heterocycles. The predicted molar refractivity (Wildman–Crippen MR) is 66.7 cm³/mol. The maximum absolute atomic E-state index is 13.4. The highest BCUT2D eigenvalue weighted by Crippen LogP contribution is 2.29. The van der Waals surface area contributed by atoms with Crippen LogP contribution in [-0.2, 0) is 0 Å². The van der Waals surface area contributed by atoms with Crippen molar-refractivity contribution in [2.75, 3.05) is 0 Å². The molecule has 17 heavy (non-hydrogen) atoms. The Labute approximate surface area is 107 Å². The first-order valence-corrected chi connectivity index (χ1v) is 5.87. The monoisotopic (exact) mass is 298 g/mol. The van der Waals surface area contributed by atoms with E-state index < -0.39 is 0 Å². The van der Waals surface area contributed by atoms with Crippen molar-refractivity contribution in [2.45, 2.75) is 13.0 Å². The van der Waals surface area contributed by atoms with Gasteiger partial charge in [0, 0.05) is 0 Å². The van der Waals surface area contributed by atoms with Gasteiger partial charge in [0.1, 0.15) is 17.6 Å². The number of benzene rings is 1. The maximum atomic E-state index is 13.4. The average Bonchev–Trinajstić information content (AvgIpc) is 2.65. The van der Waals surface area contributed by atoms with Gasteiger partial charge in [0.2, 0.25) is 0 Å². The van der Waals surface area contributed by atoms with E-state index in [2.05, 4.69) is 21.4 Å². The third-order valence-corrected chi connectivity index (χ3v) is 3.13. The SMILES string of the molecule is Cc1cc(F)cc(C(NN)c2occc2Br)c1. The van der Waals surface area contributed by atoms with Gasteiger partial charge in [-0.05, 0) is 52.2 Å². The van der Waals surface area contributed by atoms with Crippen molar-refractivity contribution < 1.29 is 8.81 Å². The molecule has 1 heterocycles. The Morgan fingerprint density at radius 3 is 2.71 bits per heavy atom. The largest absolute Gasteiger partial charge is 0.466 e. The number of nitrogens with two attached hydrogens (primary N) is 1. The lowest BCUT2D eigenvalue weighted by Gasteiger charge is -2.15. The van der Waals surface area contributed by atoms with Crippen LogP contribution < -0.4 is 11.3 Å². The Morgan fingerprint density at radius 2 is 2.18 bits per heavy atom. The second kappa shape index (κ2) is 5.00. The molecular weight excluding hydrogens is 287 g/mol. The molecule has 0 aliphatic carbocycles. The molecule has 0 spiro atoms. The van der Waals surface area contributed by atoms with Crippen LogP contribution in [0.15, 0.2) is 39.4 Å². The number of rotatable bonds is 3. The highest BCUT2D eigenvalue weighted by Gasteiger charge is 2.19. The minimum atomic E-state index is -0.381. The second-order valence-corrected chi connectivity index (χ2v) is 4.65. The maximum Gasteiger partial charge on any atom is 0.140 e. The third-order valence-electron chi connectivity index (χ3n) is 2.47. The van der Waals surface area contributed by atoms with E-state index in [0.29, 0.717) is 5.76 Å². The summed E-state index contributed by atoms with van der Waals surface area (Å²) in [7, 11) is 0. The van der Waals surface area contributed by atoms with Gasteiger partial charge in [-0.15, -0.1) is 0 Å². The Morgan fingerprint density at radius 1 is 1.41 bits per heavy atom. The van der Waals surface area contributed by atoms with E-state index in [1.807, 2.05) is 13.0 Å². The van der Waals surface area contributed by atoms with E-state index in [4.69, 9.17) is 10.3 Å². The number of nitrogens with one attached hydrogen (secondary N) is 1. The van der Waals surface area contributed by atoms with Gasteiger partial charge in [-0.2, -0.15) is 0 Å². The molecule has 0 aliphatic rings. The minimum absolute atomic E-state index is 0.289. The summed E-state index contributed by atoms with van der Waals surface area (Å²) in [6.45, 7) is 1.83. The first kappa shape index (κ1) is 12.3. The highest BCUT2D eigenvalue weighted by atomic mass is 79.9. The molecule has 1 aromatic carbocycles. The van der Waals surface area contributed by atoms with Crippen LogP contribution in [0.4, 0.5) is 4.39 Å². The van der Waals surface area contributed by atoms with Crippen LogP contribution in [-0.4, -0.2) is 0 Å². The molecular formula is C12H12BrFN2O. The number of aryl methyl sites for hydroxylation is 1. The van der Waals surface area contributed by atoms with Crippen LogP contribution in [0.3, 0.4) is 0 Å². The fourth-order valence-electron chi connectivity index (χ4n) is 1.77. The van der Waals surface area contributed by atoms with Crippen molar-refractivity contribution in [3.63, 3.8) is 0 Å². The molecule has 0 amide bonds. The first-order chi connectivity index (χ1) is 8.11. The molecule has 90 valence electrons. The molecule has 0 radical (unpaired) electrons. The molecule has 0 saturated heterocycles. The zero-order chi connectivity index (χ0) is 12.4. The third kappa shape index (κ3) is 2.57. The number of hydrazine groups is 1. The molecule has 1 atom stereocenters. The van der Waals surface area contributed by atoms with Crippen LogP contribution in [0.25, 0.3) is 0 Å². The van der Waals surface area contributed by atoms with E-state index in [0.717, 1.165) is 15.6 Å². The van der Waals surface area contributed by atoms with Gasteiger partial charge >= 0.3 is 0 Å². The van der Waals surface area contributed by atoms with Crippen LogP contribution in [0.1, 0.15) is 22.9 Å². The first-order valence-electron chi connectivity index (χ1n) is 5.08. The Balaban J connectivity index is 2.45. The lowest BCUT2D eigenvalue weighted by atomic mass is 10.0. The summed E-state index contributed by atoms with van der Waals surface area (Å²) < 4.78 is 19.5. The van der Waals surface area contributed by atoms with Crippen molar-refractivity contribution in [1.29, 1.82) is 0 Å². The Kier molecular flexibility index (Phi) is 3.61. The molecule has 2 rings (SSSR count). The summed E-state index contributed by atoms with van der Waals surface area (Å²) in [5, 5.41) is 0. The van der Waals surface area contributed by atoms with E-state index >= 15 is 0 Å². The summed E-state index contributed by atoms with van der Waals surface area (Å²) in [6, 6.07) is 6.16. The zero-order valence-electron chi connectivity index (χ0n) is 9.21. The van der Waals surface area contributed by atoms with Gasteiger partial charge in [0.25, 0.3) is 0 Å². The fourth-order valence-corrected chi connectivity index (χ4v) is 2.20. The van der Waals surface area contributed by atoms with Crippen LogP contribution in [0.5, 0.6) is 0 Å². The van der Waals surface area contributed by atoms with Crippen LogP contribution in [0, 0.1) is 12.7 Å². The zero-order valence-corrected chi connectivity index (χ0v) is 10.8. The normalized spacial score (nSPS) is 12.7. The molecule has 3 N–H and O–H groups in total. The standard InChI is InChI=1S/C12H12BrFN2O/c1-7-4-8(6-9(14)5-7)11(16-15)12-10(13)2-3-17-12/h2-6,11,16H,15H2,1H3. The summed E-state index contributed by atoms with van der Waals surface area (Å²) in [5.74, 6) is 5.85. The van der Waals surface area contributed by atoms with E-state index in [1.165, 1.54) is 12.1 Å². The van der Waals surface area contributed by atoms with Crippen molar-refractivity contribution in [3.05, 3.63) is 57.7 Å². The molecule has 3 nitrogen and oxygen atoms in total. The number of halogens is 2. The van der Waals surface area contributed by atoms with Crippen LogP contribution >= 0.6 is 15.9 Å². The predicted octanol–water partition coefficient (Wildman–Crippen LogP) is 3.04. The Bertz CT molecular complexity index is 507. The van der Waals surface area contributed by atoms with Crippen LogP contribution in [0.2, 0.25) is 0 Å². The van der Waals surface area contributed by atoms with Gasteiger partial charge in [-0.1, -0.05) is 6.07 Å². The van der Waals surface area contributed by atoms with E-state index in [1.54, 1.807) is 12.3 Å². The lowest BCUT2D eigenvalue weighted by Crippen LogP contribution is -2.28. The topological polar surface area (TPSA) is 51.2 Å². The molecule has 1 unspecified atom stereocenters. The summed E-state index contributed by atoms with van der Waals surface area (Å²) in [5.41, 5.74) is 4.18. The van der Waals surface area contributed by atoms with E-state index in [9.17, 15) is 4.39 Å². The fraction of sp³-hybridized carbons (Fsp3) is 0.167. The molecule has 0 fully saturated rings. The number of hydrogen-bond donors (Lipinski definition) is 2. The quantitative estimate of drug-likeness (QED) is 0.676. The summed E-state index contributed by atoms with van der Waals surface area (Å²) >= 11 is 3.36. The van der Waals surface area contributed by atoms with Crippen molar-refractivity contribution >= 4 is 15.9 Å². The minimum Gasteiger partial charge on any atom is -0.466 e. The van der Waals surface area contributed by atoms with Crippen molar-refractivity contribution in [3.8, 4) is 0 Å². The smallest absolute Gasteiger partial charge is 0.140 e. The molecule has 5 heteroatoms. The Hall–Kier alpha value is -1.17. The van der Waals surface area contributed by atoms with Gasteiger partial charge < -0.3 is 4.42 Å². The average molecular weight is 299 g/mol. The molecule has 0 saturated carbocycles. The van der Waals surface area contributed by atoms with Gasteiger partial charge in [0.15, 0.2) is 0 Å². The number of furan rings is 1. The summed E-state index contributed by atoms with van der Waals surface area (Å²) in [6.07, 6.45) is 1.55. The van der Waals surface area contributed by atoms with Gasteiger partial charge in [0.05, 0.1) is 10.7 Å². The molecule has 2 aromatic rings. The highest BCUT2D eigenvalue weighted by molar-refractivity contribution is 9.10. The van der Waals surface area contributed by atoms with Crippen molar-refractivity contribution in [1.82, 2.24) is 5.43 Å². The second-order valence-electron chi connectivity index (χ2n) is 3.79. The van der Waals surface area contributed by atoms with Gasteiger partial charge in [-0.25, -0.2) is 9.82 Å². The number of hydrogen-bond acceptors (Lipinski definition) is 3.